The average molecular weight is 409 g/mol. The van der Waals surface area contributed by atoms with E-state index in [2.05, 4.69) is 16.0 Å². The molecular formula is C26H24N4O. The van der Waals surface area contributed by atoms with Crippen LogP contribution in [-0.4, -0.2) is 41.5 Å². The fraction of sp³-hybridized carbons (Fsp3) is 0.269. The van der Waals surface area contributed by atoms with Crippen LogP contribution in [0, 0.1) is 17.2 Å². The van der Waals surface area contributed by atoms with E-state index < -0.39 is 0 Å². The standard InChI is InChI=1S/C26H24N4O/c27-17-19-10-13-28-25(16-19)30-15-12-21-11-14-29(18-24(21)30)26(31)23-9-5-4-8-22(23)20-6-2-1-3-7-20/h1-10,13,16,21,24H,11-12,14-15,18H2/t21-,24-/m0/s1. The number of likely N-dealkylation sites (tertiary alicyclic amines) is 1. The number of fused-ring (bicyclic) bond motifs is 1. The molecule has 2 saturated heterocycles. The van der Waals surface area contributed by atoms with Crippen LogP contribution in [0.5, 0.6) is 0 Å². The van der Waals surface area contributed by atoms with Gasteiger partial charge in [-0.05, 0) is 48.1 Å². The van der Waals surface area contributed by atoms with Crippen molar-refractivity contribution in [2.75, 3.05) is 24.5 Å². The molecule has 0 radical (unpaired) electrons. The lowest BCUT2D eigenvalue weighted by atomic mass is 9.91. The van der Waals surface area contributed by atoms with Crippen molar-refractivity contribution in [2.24, 2.45) is 5.92 Å². The number of rotatable bonds is 3. The predicted molar refractivity (Wildman–Crippen MR) is 121 cm³/mol. The van der Waals surface area contributed by atoms with Gasteiger partial charge in [-0.1, -0.05) is 48.5 Å². The Morgan fingerprint density at radius 3 is 2.61 bits per heavy atom. The Hall–Kier alpha value is -3.65. The lowest BCUT2D eigenvalue weighted by molar-refractivity contribution is 0.0679. The number of pyridine rings is 1. The fourth-order valence-electron chi connectivity index (χ4n) is 4.96. The molecule has 5 heteroatoms. The lowest BCUT2D eigenvalue weighted by Crippen LogP contribution is -2.50. The van der Waals surface area contributed by atoms with Gasteiger partial charge in [-0.2, -0.15) is 5.26 Å². The highest BCUT2D eigenvalue weighted by Gasteiger charge is 2.40. The molecule has 0 spiro atoms. The van der Waals surface area contributed by atoms with Gasteiger partial charge in [-0.25, -0.2) is 4.98 Å². The summed E-state index contributed by atoms with van der Waals surface area (Å²) in [6.07, 6.45) is 3.80. The molecular weight excluding hydrogens is 384 g/mol. The van der Waals surface area contributed by atoms with E-state index in [0.717, 1.165) is 48.4 Å². The second kappa shape index (κ2) is 8.23. The molecule has 1 aromatic heterocycles. The molecule has 2 aliphatic rings. The molecule has 31 heavy (non-hydrogen) atoms. The van der Waals surface area contributed by atoms with Crippen LogP contribution in [0.4, 0.5) is 5.82 Å². The molecule has 0 saturated carbocycles. The Labute approximate surface area is 182 Å². The van der Waals surface area contributed by atoms with E-state index in [4.69, 9.17) is 0 Å². The number of hydrogen-bond acceptors (Lipinski definition) is 4. The van der Waals surface area contributed by atoms with Crippen LogP contribution in [0.1, 0.15) is 28.8 Å². The number of nitrogens with zero attached hydrogens (tertiary/aromatic N) is 4. The van der Waals surface area contributed by atoms with E-state index in [-0.39, 0.29) is 11.9 Å². The van der Waals surface area contributed by atoms with E-state index in [1.165, 1.54) is 0 Å². The maximum Gasteiger partial charge on any atom is 0.254 e. The number of hydrogen-bond donors (Lipinski definition) is 0. The van der Waals surface area contributed by atoms with Gasteiger partial charge in [0.1, 0.15) is 5.82 Å². The predicted octanol–water partition coefficient (Wildman–Crippen LogP) is 4.36. The summed E-state index contributed by atoms with van der Waals surface area (Å²) in [6, 6.07) is 24.0. The lowest BCUT2D eigenvalue weighted by Gasteiger charge is -2.39. The maximum atomic E-state index is 13.6. The van der Waals surface area contributed by atoms with Crippen LogP contribution < -0.4 is 4.90 Å². The average Bonchev–Trinajstić information content (AvgIpc) is 3.27. The second-order valence-electron chi connectivity index (χ2n) is 8.28. The normalized spacial score (nSPS) is 20.2. The van der Waals surface area contributed by atoms with Crippen LogP contribution in [0.2, 0.25) is 0 Å². The highest BCUT2D eigenvalue weighted by molar-refractivity contribution is 6.01. The molecule has 3 heterocycles. The number of anilines is 1. The molecule has 2 fully saturated rings. The number of carbonyl (C=O) groups excluding carboxylic acids is 1. The Bertz CT molecular complexity index is 1140. The number of amides is 1. The van der Waals surface area contributed by atoms with Crippen molar-refractivity contribution in [3.63, 3.8) is 0 Å². The van der Waals surface area contributed by atoms with Crippen LogP contribution in [-0.2, 0) is 0 Å². The van der Waals surface area contributed by atoms with Gasteiger partial charge in [0.2, 0.25) is 0 Å². The minimum Gasteiger partial charge on any atom is -0.352 e. The summed E-state index contributed by atoms with van der Waals surface area (Å²) in [7, 11) is 0. The fourth-order valence-corrected chi connectivity index (χ4v) is 4.96. The summed E-state index contributed by atoms with van der Waals surface area (Å²) in [5.74, 6) is 1.48. The van der Waals surface area contributed by atoms with Crippen LogP contribution in [0.25, 0.3) is 11.1 Å². The summed E-state index contributed by atoms with van der Waals surface area (Å²) >= 11 is 0. The highest BCUT2D eigenvalue weighted by Crippen LogP contribution is 2.35. The van der Waals surface area contributed by atoms with Crippen molar-refractivity contribution >= 4 is 11.7 Å². The molecule has 0 bridgehead atoms. The monoisotopic (exact) mass is 408 g/mol. The first-order valence-corrected chi connectivity index (χ1v) is 10.8. The van der Waals surface area contributed by atoms with Gasteiger partial charge in [0.05, 0.1) is 17.7 Å². The van der Waals surface area contributed by atoms with E-state index in [1.807, 2.05) is 65.6 Å². The minimum atomic E-state index is 0.0866. The zero-order valence-electron chi connectivity index (χ0n) is 17.3. The molecule has 2 aromatic carbocycles. The summed E-state index contributed by atoms with van der Waals surface area (Å²) < 4.78 is 0. The van der Waals surface area contributed by atoms with Crippen molar-refractivity contribution < 1.29 is 4.79 Å². The first kappa shape index (κ1) is 19.3. The van der Waals surface area contributed by atoms with Crippen molar-refractivity contribution in [3.8, 4) is 17.2 Å². The van der Waals surface area contributed by atoms with Gasteiger partial charge in [0.15, 0.2) is 0 Å². The summed E-state index contributed by atoms with van der Waals surface area (Å²) in [5.41, 5.74) is 3.40. The quantitative estimate of drug-likeness (QED) is 0.646. The van der Waals surface area contributed by atoms with Gasteiger partial charge in [-0.3, -0.25) is 4.79 Å². The molecule has 5 rings (SSSR count). The van der Waals surface area contributed by atoms with Crippen molar-refractivity contribution in [3.05, 3.63) is 84.1 Å². The molecule has 0 aliphatic carbocycles. The summed E-state index contributed by atoms with van der Waals surface area (Å²) in [6.45, 7) is 2.38. The maximum absolute atomic E-state index is 13.6. The zero-order chi connectivity index (χ0) is 21.2. The number of nitriles is 1. The Kier molecular flexibility index (Phi) is 5.13. The van der Waals surface area contributed by atoms with Gasteiger partial charge >= 0.3 is 0 Å². The number of benzene rings is 2. The summed E-state index contributed by atoms with van der Waals surface area (Å²) in [4.78, 5) is 22.4. The molecule has 0 unspecified atom stereocenters. The van der Waals surface area contributed by atoms with Gasteiger partial charge in [-0.15, -0.1) is 0 Å². The highest BCUT2D eigenvalue weighted by atomic mass is 16.2. The third kappa shape index (κ3) is 3.66. The molecule has 2 atom stereocenters. The first-order chi connectivity index (χ1) is 15.2. The molecule has 5 nitrogen and oxygen atoms in total. The minimum absolute atomic E-state index is 0.0866. The van der Waals surface area contributed by atoms with Crippen molar-refractivity contribution in [1.29, 1.82) is 5.26 Å². The van der Waals surface area contributed by atoms with Crippen LogP contribution in [0.3, 0.4) is 0 Å². The van der Waals surface area contributed by atoms with Gasteiger partial charge < -0.3 is 9.80 Å². The van der Waals surface area contributed by atoms with E-state index in [1.54, 1.807) is 12.3 Å². The number of carbonyl (C=O) groups is 1. The van der Waals surface area contributed by atoms with E-state index in [9.17, 15) is 10.1 Å². The third-order valence-corrected chi connectivity index (χ3v) is 6.56. The van der Waals surface area contributed by atoms with Crippen molar-refractivity contribution in [1.82, 2.24) is 9.88 Å². The largest absolute Gasteiger partial charge is 0.352 e. The zero-order valence-corrected chi connectivity index (χ0v) is 17.3. The molecule has 1 amide bonds. The van der Waals surface area contributed by atoms with E-state index in [0.29, 0.717) is 18.0 Å². The number of aromatic nitrogens is 1. The van der Waals surface area contributed by atoms with Crippen molar-refractivity contribution in [2.45, 2.75) is 18.9 Å². The first-order valence-electron chi connectivity index (χ1n) is 10.8. The molecule has 3 aromatic rings. The topological polar surface area (TPSA) is 60.2 Å². The smallest absolute Gasteiger partial charge is 0.254 e. The van der Waals surface area contributed by atoms with Gasteiger partial charge in [0, 0.05) is 31.4 Å². The van der Waals surface area contributed by atoms with Crippen LogP contribution >= 0.6 is 0 Å². The molecule has 154 valence electrons. The van der Waals surface area contributed by atoms with E-state index >= 15 is 0 Å². The third-order valence-electron chi connectivity index (χ3n) is 6.56. The Morgan fingerprint density at radius 2 is 1.77 bits per heavy atom. The molecule has 2 aliphatic heterocycles. The Morgan fingerprint density at radius 1 is 1.00 bits per heavy atom. The Balaban J connectivity index is 1.41. The molecule has 0 N–H and O–H groups in total. The summed E-state index contributed by atoms with van der Waals surface area (Å²) in [5, 5.41) is 9.25. The SMILES string of the molecule is N#Cc1ccnc(N2CC[C@@H]3CCN(C(=O)c4ccccc4-c4ccccc4)C[C@@H]32)c1. The number of piperidine rings is 1. The van der Waals surface area contributed by atoms with Gasteiger partial charge in [0.25, 0.3) is 5.91 Å². The van der Waals surface area contributed by atoms with Crippen LogP contribution in [0.15, 0.2) is 72.9 Å². The second-order valence-corrected chi connectivity index (χ2v) is 8.28.